The molecule has 5 heteroatoms. The van der Waals surface area contributed by atoms with Crippen LogP contribution in [0.5, 0.6) is 11.5 Å². The van der Waals surface area contributed by atoms with E-state index in [1.807, 2.05) is 13.0 Å². The minimum Gasteiger partial charge on any atom is -0.504 e. The summed E-state index contributed by atoms with van der Waals surface area (Å²) < 4.78 is 0. The molecule has 0 saturated heterocycles. The Morgan fingerprint density at radius 1 is 1.17 bits per heavy atom. The number of phenols is 2. The number of benzene rings is 1. The maximum absolute atomic E-state index is 11.9. The van der Waals surface area contributed by atoms with E-state index in [0.29, 0.717) is 5.82 Å². The van der Waals surface area contributed by atoms with Crippen molar-refractivity contribution in [1.82, 2.24) is 4.98 Å². The van der Waals surface area contributed by atoms with Gasteiger partial charge in [-0.15, -0.1) is 0 Å². The number of anilines is 1. The van der Waals surface area contributed by atoms with Crippen LogP contribution in [0.1, 0.15) is 16.1 Å². The molecule has 0 fully saturated rings. The highest BCUT2D eigenvalue weighted by Crippen LogP contribution is 2.28. The second kappa shape index (κ2) is 4.75. The summed E-state index contributed by atoms with van der Waals surface area (Å²) in [7, 11) is 0. The third kappa shape index (κ3) is 2.40. The Bertz CT molecular complexity index is 597. The molecule has 0 atom stereocenters. The molecule has 0 spiro atoms. The van der Waals surface area contributed by atoms with E-state index in [-0.39, 0.29) is 11.3 Å². The molecule has 0 radical (unpaired) electrons. The zero-order chi connectivity index (χ0) is 13.1. The van der Waals surface area contributed by atoms with Gasteiger partial charge in [0.05, 0.1) is 5.56 Å². The number of carbonyl (C=O) groups excluding carboxylic acids is 1. The number of aryl methyl sites for hydroxylation is 1. The van der Waals surface area contributed by atoms with E-state index in [2.05, 4.69) is 10.3 Å². The standard InChI is InChI=1S/C13H12N2O3/c1-8-4-2-7-11(14-8)15-13(18)9-5-3-6-10(16)12(9)17/h2-7,16-17H,1H3,(H,14,15,18). The second-order valence-electron chi connectivity index (χ2n) is 3.79. The van der Waals surface area contributed by atoms with Crippen LogP contribution in [0.2, 0.25) is 0 Å². The lowest BCUT2D eigenvalue weighted by Gasteiger charge is -2.07. The van der Waals surface area contributed by atoms with Gasteiger partial charge in [-0.3, -0.25) is 4.79 Å². The number of pyridine rings is 1. The highest BCUT2D eigenvalue weighted by Gasteiger charge is 2.14. The number of nitrogens with zero attached hydrogens (tertiary/aromatic N) is 1. The van der Waals surface area contributed by atoms with Crippen LogP contribution < -0.4 is 5.32 Å². The zero-order valence-corrected chi connectivity index (χ0v) is 9.71. The van der Waals surface area contributed by atoms with Crippen molar-refractivity contribution in [3.8, 4) is 11.5 Å². The number of hydrogen-bond donors (Lipinski definition) is 3. The van der Waals surface area contributed by atoms with Gasteiger partial charge in [-0.2, -0.15) is 0 Å². The van der Waals surface area contributed by atoms with E-state index in [1.165, 1.54) is 18.2 Å². The normalized spacial score (nSPS) is 10.1. The first kappa shape index (κ1) is 11.9. The lowest BCUT2D eigenvalue weighted by molar-refractivity contribution is 0.102. The van der Waals surface area contributed by atoms with Gasteiger partial charge in [0.2, 0.25) is 0 Å². The number of carbonyl (C=O) groups is 1. The van der Waals surface area contributed by atoms with Gasteiger partial charge in [0.1, 0.15) is 5.82 Å². The molecule has 1 heterocycles. The first-order chi connectivity index (χ1) is 8.58. The fraction of sp³-hybridized carbons (Fsp3) is 0.0769. The van der Waals surface area contributed by atoms with Crippen molar-refractivity contribution in [1.29, 1.82) is 0 Å². The topological polar surface area (TPSA) is 82.5 Å². The molecular formula is C13H12N2O3. The van der Waals surface area contributed by atoms with E-state index in [0.717, 1.165) is 5.69 Å². The van der Waals surface area contributed by atoms with Gasteiger partial charge >= 0.3 is 0 Å². The third-order valence-corrected chi connectivity index (χ3v) is 2.39. The van der Waals surface area contributed by atoms with Gasteiger partial charge in [0.25, 0.3) is 5.91 Å². The molecular weight excluding hydrogens is 232 g/mol. The number of nitrogens with one attached hydrogen (secondary N) is 1. The lowest BCUT2D eigenvalue weighted by Crippen LogP contribution is -2.13. The molecule has 0 aliphatic heterocycles. The van der Waals surface area contributed by atoms with Crippen LogP contribution in [-0.2, 0) is 0 Å². The van der Waals surface area contributed by atoms with E-state index in [4.69, 9.17) is 0 Å². The summed E-state index contributed by atoms with van der Waals surface area (Å²) in [5.41, 5.74) is 0.770. The van der Waals surface area contributed by atoms with E-state index < -0.39 is 11.7 Å². The highest BCUT2D eigenvalue weighted by atomic mass is 16.3. The fourth-order valence-corrected chi connectivity index (χ4v) is 1.51. The smallest absolute Gasteiger partial charge is 0.260 e. The van der Waals surface area contributed by atoms with Crippen molar-refractivity contribution < 1.29 is 15.0 Å². The largest absolute Gasteiger partial charge is 0.504 e. The van der Waals surface area contributed by atoms with E-state index >= 15 is 0 Å². The Labute approximate surface area is 104 Å². The van der Waals surface area contributed by atoms with Crippen LogP contribution in [0.4, 0.5) is 5.82 Å². The van der Waals surface area contributed by atoms with Gasteiger partial charge in [-0.25, -0.2) is 4.98 Å². The molecule has 0 aliphatic rings. The first-order valence-electron chi connectivity index (χ1n) is 5.34. The van der Waals surface area contributed by atoms with Crippen LogP contribution in [0.25, 0.3) is 0 Å². The highest BCUT2D eigenvalue weighted by molar-refractivity contribution is 6.06. The summed E-state index contributed by atoms with van der Waals surface area (Å²) in [6.07, 6.45) is 0. The van der Waals surface area contributed by atoms with Crippen molar-refractivity contribution in [2.24, 2.45) is 0 Å². The quantitative estimate of drug-likeness (QED) is 0.706. The molecule has 1 aromatic heterocycles. The van der Waals surface area contributed by atoms with Crippen molar-refractivity contribution in [3.63, 3.8) is 0 Å². The summed E-state index contributed by atoms with van der Waals surface area (Å²) in [6.45, 7) is 1.81. The number of para-hydroxylation sites is 1. The minimum absolute atomic E-state index is 0.00157. The van der Waals surface area contributed by atoms with E-state index in [1.54, 1.807) is 12.1 Å². The maximum Gasteiger partial charge on any atom is 0.260 e. The fourth-order valence-electron chi connectivity index (χ4n) is 1.51. The summed E-state index contributed by atoms with van der Waals surface area (Å²) in [5.74, 6) is -0.910. The number of rotatable bonds is 2. The Morgan fingerprint density at radius 3 is 2.61 bits per heavy atom. The summed E-state index contributed by atoms with van der Waals surface area (Å²) in [4.78, 5) is 16.0. The maximum atomic E-state index is 11.9. The lowest BCUT2D eigenvalue weighted by atomic mass is 10.1. The molecule has 18 heavy (non-hydrogen) atoms. The Balaban J connectivity index is 2.25. The monoisotopic (exact) mass is 244 g/mol. The van der Waals surface area contributed by atoms with Crippen LogP contribution in [0, 0.1) is 6.92 Å². The molecule has 0 aliphatic carbocycles. The molecule has 2 rings (SSSR count). The Morgan fingerprint density at radius 2 is 1.89 bits per heavy atom. The summed E-state index contributed by atoms with van der Waals surface area (Å²) in [6, 6.07) is 9.41. The number of hydrogen-bond acceptors (Lipinski definition) is 4. The molecule has 0 saturated carbocycles. The van der Waals surface area contributed by atoms with Crippen molar-refractivity contribution in [3.05, 3.63) is 47.7 Å². The predicted octanol–water partition coefficient (Wildman–Crippen LogP) is 2.05. The van der Waals surface area contributed by atoms with Gasteiger partial charge in [0, 0.05) is 5.69 Å². The van der Waals surface area contributed by atoms with Gasteiger partial charge < -0.3 is 15.5 Å². The predicted molar refractivity (Wildman–Crippen MR) is 66.7 cm³/mol. The molecule has 0 bridgehead atoms. The molecule has 5 nitrogen and oxygen atoms in total. The summed E-state index contributed by atoms with van der Waals surface area (Å²) >= 11 is 0. The van der Waals surface area contributed by atoms with Gasteiger partial charge in [-0.05, 0) is 31.2 Å². The third-order valence-electron chi connectivity index (χ3n) is 2.39. The molecule has 2 aromatic rings. The molecule has 3 N–H and O–H groups in total. The van der Waals surface area contributed by atoms with Crippen LogP contribution in [0.15, 0.2) is 36.4 Å². The van der Waals surface area contributed by atoms with Crippen molar-refractivity contribution in [2.45, 2.75) is 6.92 Å². The first-order valence-corrected chi connectivity index (χ1v) is 5.34. The minimum atomic E-state index is -0.526. The number of aromatic hydroxyl groups is 2. The van der Waals surface area contributed by atoms with Crippen LogP contribution in [-0.4, -0.2) is 21.1 Å². The SMILES string of the molecule is Cc1cccc(NC(=O)c2cccc(O)c2O)n1. The van der Waals surface area contributed by atoms with Crippen molar-refractivity contribution >= 4 is 11.7 Å². The van der Waals surface area contributed by atoms with Gasteiger partial charge in [0.15, 0.2) is 11.5 Å². The second-order valence-corrected chi connectivity index (χ2v) is 3.79. The molecule has 1 aromatic carbocycles. The summed E-state index contributed by atoms with van der Waals surface area (Å²) in [5, 5.41) is 21.4. The molecule has 0 unspecified atom stereocenters. The van der Waals surface area contributed by atoms with Crippen molar-refractivity contribution in [2.75, 3.05) is 5.32 Å². The van der Waals surface area contributed by atoms with Gasteiger partial charge in [-0.1, -0.05) is 12.1 Å². The molecule has 1 amide bonds. The van der Waals surface area contributed by atoms with Crippen LogP contribution in [0.3, 0.4) is 0 Å². The molecule has 92 valence electrons. The Kier molecular flexibility index (Phi) is 3.14. The number of aromatic nitrogens is 1. The van der Waals surface area contributed by atoms with Crippen LogP contribution >= 0.6 is 0 Å². The number of amides is 1. The van der Waals surface area contributed by atoms with E-state index in [9.17, 15) is 15.0 Å². The zero-order valence-electron chi connectivity index (χ0n) is 9.71. The average molecular weight is 244 g/mol. The number of phenolic OH excluding ortho intramolecular Hbond substituents is 2. The average Bonchev–Trinajstić information content (AvgIpc) is 2.32. The Hall–Kier alpha value is -2.56.